The molecule has 3 rings (SSSR count). The van der Waals surface area contributed by atoms with Crippen molar-refractivity contribution < 1.29 is 9.53 Å². The summed E-state index contributed by atoms with van der Waals surface area (Å²) < 4.78 is 5.67. The third kappa shape index (κ3) is 2.52. The number of fused-ring (bicyclic) bond motifs is 1. The molecule has 0 radical (unpaired) electrons. The molecule has 0 N–H and O–H groups in total. The highest BCUT2D eigenvalue weighted by atomic mass is 32.2. The Morgan fingerprint density at radius 1 is 1.37 bits per heavy atom. The van der Waals surface area contributed by atoms with E-state index in [-0.39, 0.29) is 11.0 Å². The van der Waals surface area contributed by atoms with E-state index >= 15 is 0 Å². The number of thioether (sulfide) groups is 2. The first-order valence-electron chi connectivity index (χ1n) is 6.83. The van der Waals surface area contributed by atoms with Gasteiger partial charge < -0.3 is 4.74 Å². The van der Waals surface area contributed by atoms with Gasteiger partial charge in [-0.15, -0.1) is 11.8 Å². The maximum Gasteiger partial charge on any atom is 0.180 e. The number of ether oxygens (including phenoxy) is 1. The fourth-order valence-electron chi connectivity index (χ4n) is 2.71. The lowest BCUT2D eigenvalue weighted by Crippen LogP contribution is -2.33. The molecule has 1 fully saturated rings. The summed E-state index contributed by atoms with van der Waals surface area (Å²) in [4.78, 5) is 12.8. The van der Waals surface area contributed by atoms with Crippen molar-refractivity contribution in [3.05, 3.63) is 29.3 Å². The zero-order chi connectivity index (χ0) is 13.2. The van der Waals surface area contributed by atoms with Gasteiger partial charge in [-0.2, -0.15) is 11.8 Å². The molecule has 2 atom stereocenters. The van der Waals surface area contributed by atoms with Crippen molar-refractivity contribution >= 4 is 29.3 Å². The maximum atomic E-state index is 12.8. The lowest BCUT2D eigenvalue weighted by Gasteiger charge is -2.29. The summed E-state index contributed by atoms with van der Waals surface area (Å²) >= 11 is 3.76. The minimum absolute atomic E-state index is 0.0967. The average Bonchev–Trinajstić information content (AvgIpc) is 2.94. The molecule has 4 heteroatoms. The smallest absolute Gasteiger partial charge is 0.180 e. The molecule has 2 heterocycles. The summed E-state index contributed by atoms with van der Waals surface area (Å²) in [6.07, 6.45) is 1.99. The van der Waals surface area contributed by atoms with Crippen molar-refractivity contribution in [2.75, 3.05) is 18.1 Å². The molecule has 0 bridgehead atoms. The molecule has 0 spiro atoms. The van der Waals surface area contributed by atoms with Gasteiger partial charge in [-0.1, -0.05) is 19.1 Å². The van der Waals surface area contributed by atoms with Crippen molar-refractivity contribution in [1.29, 1.82) is 0 Å². The number of rotatable bonds is 3. The topological polar surface area (TPSA) is 26.3 Å². The van der Waals surface area contributed by atoms with Crippen LogP contribution in [0.1, 0.15) is 29.3 Å². The van der Waals surface area contributed by atoms with Gasteiger partial charge in [-0.25, -0.2) is 0 Å². The number of hydrogen-bond donors (Lipinski definition) is 0. The number of carbonyl (C=O) groups is 1. The molecule has 0 aromatic heterocycles. The summed E-state index contributed by atoms with van der Waals surface area (Å²) in [5.41, 5.74) is 1.99. The van der Waals surface area contributed by atoms with Crippen LogP contribution in [0.5, 0.6) is 5.75 Å². The van der Waals surface area contributed by atoms with Crippen LogP contribution in [0, 0.1) is 0 Å². The van der Waals surface area contributed by atoms with Crippen molar-refractivity contribution in [3.8, 4) is 5.75 Å². The van der Waals surface area contributed by atoms with Gasteiger partial charge in [-0.05, 0) is 18.1 Å². The number of benzene rings is 1. The summed E-state index contributed by atoms with van der Waals surface area (Å²) in [7, 11) is 0. The Morgan fingerprint density at radius 2 is 2.21 bits per heavy atom. The van der Waals surface area contributed by atoms with Crippen molar-refractivity contribution in [2.45, 2.75) is 30.3 Å². The van der Waals surface area contributed by atoms with E-state index in [4.69, 9.17) is 4.74 Å². The van der Waals surface area contributed by atoms with Gasteiger partial charge in [0.15, 0.2) is 5.78 Å². The number of Topliss-reactive ketones (excluding diaryl/α,β-unsaturated/α-hetero) is 1. The van der Waals surface area contributed by atoms with Gasteiger partial charge in [0.1, 0.15) is 5.75 Å². The van der Waals surface area contributed by atoms with E-state index in [9.17, 15) is 4.79 Å². The van der Waals surface area contributed by atoms with Crippen molar-refractivity contribution in [3.63, 3.8) is 0 Å². The summed E-state index contributed by atoms with van der Waals surface area (Å²) in [5.74, 6) is 3.35. The van der Waals surface area contributed by atoms with Crippen LogP contribution < -0.4 is 4.74 Å². The van der Waals surface area contributed by atoms with Crippen LogP contribution in [0.4, 0.5) is 0 Å². The van der Waals surface area contributed by atoms with Crippen LogP contribution in [0.25, 0.3) is 0 Å². The SMILES string of the molecule is CCC1SCCSC1C(=O)c1cccc2c1OCC2. The molecule has 2 nitrogen and oxygen atoms in total. The van der Waals surface area contributed by atoms with E-state index in [0.29, 0.717) is 11.9 Å². The summed E-state index contributed by atoms with van der Waals surface area (Å²) in [6.45, 7) is 2.89. The Hall–Kier alpha value is -0.610. The Labute approximate surface area is 122 Å². The minimum atomic E-state index is 0.0967. The second kappa shape index (κ2) is 5.80. The van der Waals surface area contributed by atoms with E-state index in [1.165, 1.54) is 5.56 Å². The predicted octanol–water partition coefficient (Wildman–Crippen LogP) is 3.43. The van der Waals surface area contributed by atoms with E-state index < -0.39 is 0 Å². The van der Waals surface area contributed by atoms with Crippen LogP contribution in [0.2, 0.25) is 0 Å². The van der Waals surface area contributed by atoms with Crippen molar-refractivity contribution in [1.82, 2.24) is 0 Å². The molecular formula is C15H18O2S2. The quantitative estimate of drug-likeness (QED) is 0.798. The molecular weight excluding hydrogens is 276 g/mol. The van der Waals surface area contributed by atoms with Crippen LogP contribution in [-0.2, 0) is 6.42 Å². The Morgan fingerprint density at radius 3 is 3.05 bits per heavy atom. The Balaban J connectivity index is 1.89. The van der Waals surface area contributed by atoms with Crippen LogP contribution in [0.3, 0.4) is 0 Å². The van der Waals surface area contributed by atoms with Gasteiger partial charge >= 0.3 is 0 Å². The summed E-state index contributed by atoms with van der Waals surface area (Å²) in [5, 5.41) is 0.544. The fraction of sp³-hybridized carbons (Fsp3) is 0.533. The van der Waals surface area contributed by atoms with Crippen LogP contribution in [-0.4, -0.2) is 34.4 Å². The van der Waals surface area contributed by atoms with E-state index in [2.05, 4.69) is 13.0 Å². The zero-order valence-electron chi connectivity index (χ0n) is 11.1. The highest BCUT2D eigenvalue weighted by Gasteiger charge is 2.34. The van der Waals surface area contributed by atoms with E-state index in [0.717, 1.165) is 35.7 Å². The third-order valence-electron chi connectivity index (χ3n) is 3.69. The summed E-state index contributed by atoms with van der Waals surface area (Å²) in [6, 6.07) is 5.99. The van der Waals surface area contributed by atoms with Gasteiger partial charge in [0.25, 0.3) is 0 Å². The van der Waals surface area contributed by atoms with Gasteiger partial charge in [0, 0.05) is 23.2 Å². The molecule has 1 aromatic rings. The first-order valence-corrected chi connectivity index (χ1v) is 8.93. The second-order valence-corrected chi connectivity index (χ2v) is 7.46. The average molecular weight is 294 g/mol. The maximum absolute atomic E-state index is 12.8. The van der Waals surface area contributed by atoms with Crippen molar-refractivity contribution in [2.24, 2.45) is 0 Å². The number of carbonyl (C=O) groups excluding carboxylic acids is 1. The fourth-order valence-corrected chi connectivity index (χ4v) is 5.73. The third-order valence-corrected chi connectivity index (χ3v) is 6.94. The second-order valence-electron chi connectivity index (χ2n) is 4.87. The number of ketones is 1. The standard InChI is InChI=1S/C15H18O2S2/c1-2-12-15(19-9-8-18-12)13(16)11-5-3-4-10-6-7-17-14(10)11/h3-5,12,15H,2,6-9H2,1H3. The molecule has 0 aliphatic carbocycles. The van der Waals surface area contributed by atoms with Gasteiger partial charge in [-0.3, -0.25) is 4.79 Å². The molecule has 0 amide bonds. The molecule has 2 unspecified atom stereocenters. The number of para-hydroxylation sites is 1. The zero-order valence-corrected chi connectivity index (χ0v) is 12.7. The van der Waals surface area contributed by atoms with Crippen LogP contribution in [0.15, 0.2) is 18.2 Å². The Bertz CT molecular complexity index is 487. The molecule has 19 heavy (non-hydrogen) atoms. The molecule has 1 aromatic carbocycles. The van der Waals surface area contributed by atoms with Gasteiger partial charge in [0.05, 0.1) is 17.4 Å². The molecule has 2 aliphatic rings. The van der Waals surface area contributed by atoms with E-state index in [1.54, 1.807) is 0 Å². The van der Waals surface area contributed by atoms with Gasteiger partial charge in [0.2, 0.25) is 0 Å². The highest BCUT2D eigenvalue weighted by molar-refractivity contribution is 8.07. The monoisotopic (exact) mass is 294 g/mol. The first-order chi connectivity index (χ1) is 9.31. The number of hydrogen-bond acceptors (Lipinski definition) is 4. The molecule has 2 aliphatic heterocycles. The lowest BCUT2D eigenvalue weighted by atomic mass is 10.0. The predicted molar refractivity (Wildman–Crippen MR) is 82.8 cm³/mol. The molecule has 1 saturated heterocycles. The first kappa shape index (κ1) is 13.4. The Kier molecular flexibility index (Phi) is 4.08. The minimum Gasteiger partial charge on any atom is -0.492 e. The molecule has 0 saturated carbocycles. The lowest BCUT2D eigenvalue weighted by molar-refractivity contribution is 0.0985. The highest BCUT2D eigenvalue weighted by Crippen LogP contribution is 2.38. The normalized spacial score (nSPS) is 25.7. The van der Waals surface area contributed by atoms with Crippen LogP contribution >= 0.6 is 23.5 Å². The van der Waals surface area contributed by atoms with E-state index in [1.807, 2.05) is 35.7 Å². The largest absolute Gasteiger partial charge is 0.492 e. The molecule has 102 valence electrons.